The highest BCUT2D eigenvalue weighted by Gasteiger charge is 2.32. The molecule has 0 radical (unpaired) electrons. The summed E-state index contributed by atoms with van der Waals surface area (Å²) in [7, 11) is 0. The van der Waals surface area contributed by atoms with Crippen molar-refractivity contribution in [1.29, 1.82) is 0 Å². The third kappa shape index (κ3) is 6.33. The lowest BCUT2D eigenvalue weighted by Crippen LogP contribution is -2.29. The number of thiocarbonyl (C=S) groups is 1. The number of hydrogen-bond donors (Lipinski definition) is 0. The Morgan fingerprint density at radius 3 is 2.85 bits per heavy atom. The summed E-state index contributed by atoms with van der Waals surface area (Å²) >= 11 is 10.1. The largest absolute Gasteiger partial charge is 0.493 e. The summed E-state index contributed by atoms with van der Waals surface area (Å²) in [6.45, 7) is 5.18. The monoisotopic (exact) mass is 471 g/mol. The summed E-state index contributed by atoms with van der Waals surface area (Å²) in [5.74, 6) is 0.327. The summed E-state index contributed by atoms with van der Waals surface area (Å²) in [6, 6.07) is 5.70. The van der Waals surface area contributed by atoms with Gasteiger partial charge in [-0.25, -0.2) is 0 Å². The zero-order valence-electron chi connectivity index (χ0n) is 15.3. The Labute approximate surface area is 177 Å². The Hall–Kier alpha value is -1.38. The maximum absolute atomic E-state index is 12.7. The minimum absolute atomic E-state index is 0.143. The number of carbonyl (C=O) groups excluding carboxylic acids is 2. The number of esters is 1. The van der Waals surface area contributed by atoms with Crippen molar-refractivity contribution in [3.63, 3.8) is 0 Å². The van der Waals surface area contributed by atoms with E-state index in [0.29, 0.717) is 35.4 Å². The molecular formula is C19H22BrNO4S2. The number of benzene rings is 1. The molecule has 1 saturated heterocycles. The van der Waals surface area contributed by atoms with E-state index in [2.05, 4.69) is 15.9 Å². The molecule has 1 amide bonds. The zero-order valence-corrected chi connectivity index (χ0v) is 18.5. The molecule has 0 spiro atoms. The van der Waals surface area contributed by atoms with Crippen molar-refractivity contribution in [2.45, 2.75) is 33.1 Å². The highest BCUT2D eigenvalue weighted by molar-refractivity contribution is 9.10. The van der Waals surface area contributed by atoms with Crippen LogP contribution in [0.2, 0.25) is 0 Å². The Morgan fingerprint density at radius 1 is 1.37 bits per heavy atom. The van der Waals surface area contributed by atoms with Gasteiger partial charge in [0, 0.05) is 23.0 Å². The molecular weight excluding hydrogens is 450 g/mol. The van der Waals surface area contributed by atoms with Gasteiger partial charge in [0.2, 0.25) is 0 Å². The highest BCUT2D eigenvalue weighted by Crippen LogP contribution is 2.35. The summed E-state index contributed by atoms with van der Waals surface area (Å²) < 4.78 is 12.1. The van der Waals surface area contributed by atoms with E-state index in [1.165, 1.54) is 16.7 Å². The van der Waals surface area contributed by atoms with Gasteiger partial charge in [-0.3, -0.25) is 14.5 Å². The molecule has 1 aliphatic rings. The van der Waals surface area contributed by atoms with Crippen molar-refractivity contribution in [2.24, 2.45) is 0 Å². The number of rotatable bonds is 9. The number of hydrogen-bond acceptors (Lipinski definition) is 6. The molecule has 0 N–H and O–H groups in total. The minimum atomic E-state index is -0.259. The molecule has 1 aromatic rings. The number of nitrogens with zero attached hydrogens (tertiary/aromatic N) is 1. The van der Waals surface area contributed by atoms with Gasteiger partial charge in [-0.1, -0.05) is 46.8 Å². The van der Waals surface area contributed by atoms with Crippen LogP contribution in [-0.4, -0.2) is 40.9 Å². The zero-order chi connectivity index (χ0) is 19.8. The van der Waals surface area contributed by atoms with Gasteiger partial charge in [0.15, 0.2) is 0 Å². The lowest BCUT2D eigenvalue weighted by Gasteiger charge is -2.13. The molecule has 0 unspecified atom stereocenters. The molecule has 0 bridgehead atoms. The molecule has 8 heteroatoms. The normalized spacial score (nSPS) is 15.5. The lowest BCUT2D eigenvalue weighted by molar-refractivity contribution is -0.143. The molecule has 5 nitrogen and oxygen atoms in total. The molecule has 146 valence electrons. The van der Waals surface area contributed by atoms with E-state index in [9.17, 15) is 9.59 Å². The molecule has 1 aromatic carbocycles. The van der Waals surface area contributed by atoms with Crippen molar-refractivity contribution >= 4 is 62.2 Å². The molecule has 0 atom stereocenters. The molecule has 2 rings (SSSR count). The smallest absolute Gasteiger partial charge is 0.305 e. The number of amides is 1. The molecule has 0 saturated carbocycles. The van der Waals surface area contributed by atoms with Gasteiger partial charge < -0.3 is 9.47 Å². The average molecular weight is 472 g/mol. The quantitative estimate of drug-likeness (QED) is 0.293. The van der Waals surface area contributed by atoms with Gasteiger partial charge in [0.1, 0.15) is 10.1 Å². The first-order valence-corrected chi connectivity index (χ1v) is 10.8. The van der Waals surface area contributed by atoms with Crippen LogP contribution in [0.15, 0.2) is 27.6 Å². The second kappa shape index (κ2) is 10.8. The van der Waals surface area contributed by atoms with E-state index in [0.717, 1.165) is 22.2 Å². The van der Waals surface area contributed by atoms with E-state index in [1.54, 1.807) is 13.0 Å². The van der Waals surface area contributed by atoms with Crippen molar-refractivity contribution < 1.29 is 19.1 Å². The first kappa shape index (κ1) is 21.9. The minimum Gasteiger partial charge on any atom is -0.493 e. The van der Waals surface area contributed by atoms with Crippen LogP contribution in [0.4, 0.5) is 0 Å². The van der Waals surface area contributed by atoms with Gasteiger partial charge >= 0.3 is 5.97 Å². The Morgan fingerprint density at radius 2 is 2.15 bits per heavy atom. The molecule has 0 aliphatic carbocycles. The summed E-state index contributed by atoms with van der Waals surface area (Å²) in [5.41, 5.74) is 0.824. The van der Waals surface area contributed by atoms with Crippen LogP contribution in [0.3, 0.4) is 0 Å². The maximum atomic E-state index is 12.7. The van der Waals surface area contributed by atoms with Gasteiger partial charge in [-0.15, -0.1) is 0 Å². The summed E-state index contributed by atoms with van der Waals surface area (Å²) in [5, 5.41) is 0. The predicted octanol–water partition coefficient (Wildman–Crippen LogP) is 4.78. The fourth-order valence-corrected chi connectivity index (χ4v) is 4.10. The van der Waals surface area contributed by atoms with E-state index >= 15 is 0 Å². The lowest BCUT2D eigenvalue weighted by atomic mass is 10.2. The van der Waals surface area contributed by atoms with Crippen LogP contribution in [0.1, 0.15) is 38.7 Å². The summed E-state index contributed by atoms with van der Waals surface area (Å²) in [4.78, 5) is 26.2. The molecule has 0 aromatic heterocycles. The van der Waals surface area contributed by atoms with Gasteiger partial charge in [0.05, 0.1) is 18.1 Å². The second-order valence-electron chi connectivity index (χ2n) is 5.77. The van der Waals surface area contributed by atoms with Crippen LogP contribution < -0.4 is 4.74 Å². The van der Waals surface area contributed by atoms with Crippen LogP contribution in [-0.2, 0) is 14.3 Å². The predicted molar refractivity (Wildman–Crippen MR) is 116 cm³/mol. The number of carbonyl (C=O) groups is 2. The highest BCUT2D eigenvalue weighted by atomic mass is 79.9. The van der Waals surface area contributed by atoms with Crippen molar-refractivity contribution in [3.05, 3.63) is 33.1 Å². The Kier molecular flexibility index (Phi) is 8.79. The fourth-order valence-electron chi connectivity index (χ4n) is 2.42. The van der Waals surface area contributed by atoms with Crippen LogP contribution in [0.25, 0.3) is 6.08 Å². The van der Waals surface area contributed by atoms with E-state index in [-0.39, 0.29) is 18.3 Å². The summed E-state index contributed by atoms with van der Waals surface area (Å²) in [6.07, 6.45) is 3.49. The molecule has 27 heavy (non-hydrogen) atoms. The number of halogens is 1. The molecule has 1 fully saturated rings. The fraction of sp³-hybridized carbons (Fsp3) is 0.421. The van der Waals surface area contributed by atoms with Crippen molar-refractivity contribution in [3.8, 4) is 5.75 Å². The second-order valence-corrected chi connectivity index (χ2v) is 8.36. The Balaban J connectivity index is 2.09. The van der Waals surface area contributed by atoms with Gasteiger partial charge in [0.25, 0.3) is 5.91 Å². The molecule has 1 aliphatic heterocycles. The van der Waals surface area contributed by atoms with Crippen LogP contribution in [0, 0.1) is 0 Å². The van der Waals surface area contributed by atoms with Crippen molar-refractivity contribution in [2.75, 3.05) is 19.8 Å². The first-order valence-electron chi connectivity index (χ1n) is 8.79. The topological polar surface area (TPSA) is 55.8 Å². The van der Waals surface area contributed by atoms with Crippen LogP contribution in [0.5, 0.6) is 5.75 Å². The van der Waals surface area contributed by atoms with E-state index in [1.807, 2.05) is 25.1 Å². The number of ether oxygens (including phenoxy) is 2. The van der Waals surface area contributed by atoms with Gasteiger partial charge in [-0.2, -0.15) is 0 Å². The SMILES string of the molecule is CCCOc1ccc(Br)cc1/C=C1/SC(=S)N(CCCC(=O)OCC)C1=O. The Bertz CT molecular complexity index is 751. The van der Waals surface area contributed by atoms with Crippen LogP contribution >= 0.6 is 39.9 Å². The standard InChI is InChI=1S/C19H22BrNO4S2/c1-3-10-25-15-8-7-14(20)11-13(15)12-16-18(23)21(19(26)27-16)9-5-6-17(22)24-4-2/h7-8,11-12H,3-6,9-10H2,1-2H3/b16-12+. The average Bonchev–Trinajstić information content (AvgIpc) is 2.89. The number of thioether (sulfide) groups is 1. The van der Waals surface area contributed by atoms with E-state index < -0.39 is 0 Å². The maximum Gasteiger partial charge on any atom is 0.305 e. The van der Waals surface area contributed by atoms with Crippen molar-refractivity contribution in [1.82, 2.24) is 4.90 Å². The third-order valence-electron chi connectivity index (χ3n) is 3.66. The first-order chi connectivity index (χ1) is 13.0. The molecule has 1 heterocycles. The van der Waals surface area contributed by atoms with E-state index in [4.69, 9.17) is 21.7 Å². The van der Waals surface area contributed by atoms with Gasteiger partial charge in [-0.05, 0) is 44.0 Å². The third-order valence-corrected chi connectivity index (χ3v) is 5.53.